The number of nitrogens with zero attached hydrogens (tertiary/aromatic N) is 2. The van der Waals surface area contributed by atoms with Crippen LogP contribution in [0.2, 0.25) is 10.0 Å². The van der Waals surface area contributed by atoms with Crippen LogP contribution in [0.3, 0.4) is 0 Å². The summed E-state index contributed by atoms with van der Waals surface area (Å²) >= 11 is 19.1. The Morgan fingerprint density at radius 2 is 0.944 bits per heavy atom. The number of hydrogen-bond acceptors (Lipinski definition) is 4. The number of phenols is 2. The highest BCUT2D eigenvalue weighted by Gasteiger charge is 2.14. The van der Waals surface area contributed by atoms with Crippen LogP contribution in [0.5, 0.6) is 11.5 Å². The molecular weight excluding hydrogens is 627 g/mol. The lowest BCUT2D eigenvalue weighted by atomic mass is 9.99. The Bertz CT molecular complexity index is 1510. The molecule has 2 N–H and O–H groups in total. The molecule has 0 saturated carbocycles. The molecule has 8 heteroatoms. The SMILES string of the molecule is Oc1cc(-c2cc(-c3ccc(-c4ccc(Cl)cc4Br)c(O)c3)ncn2)ccc1-c1ccc(Cl)cc1Br. The number of aromatic nitrogens is 2. The Hall–Kier alpha value is -2.90. The second kappa shape index (κ2) is 10.2. The van der Waals surface area contributed by atoms with E-state index < -0.39 is 0 Å². The van der Waals surface area contributed by atoms with Crippen molar-refractivity contribution < 1.29 is 10.2 Å². The maximum absolute atomic E-state index is 10.8. The highest BCUT2D eigenvalue weighted by molar-refractivity contribution is 9.11. The molecule has 0 saturated heterocycles. The van der Waals surface area contributed by atoms with Gasteiger partial charge in [0, 0.05) is 41.2 Å². The smallest absolute Gasteiger partial charge is 0.124 e. The van der Waals surface area contributed by atoms with Crippen LogP contribution in [0.15, 0.2) is 94.1 Å². The fourth-order valence-electron chi connectivity index (χ4n) is 3.93. The first-order valence-corrected chi connectivity index (χ1v) is 13.0. The molecule has 178 valence electrons. The maximum atomic E-state index is 10.8. The molecule has 5 aromatic rings. The third kappa shape index (κ3) is 5.00. The summed E-state index contributed by atoms with van der Waals surface area (Å²) in [4.78, 5) is 8.77. The van der Waals surface area contributed by atoms with Gasteiger partial charge in [0.15, 0.2) is 0 Å². The van der Waals surface area contributed by atoms with Crippen molar-refractivity contribution in [3.8, 4) is 56.3 Å². The second-order valence-electron chi connectivity index (χ2n) is 8.00. The fraction of sp³-hybridized carbons (Fsp3) is 0. The van der Waals surface area contributed by atoms with Crippen molar-refractivity contribution >= 4 is 55.1 Å². The molecule has 0 amide bonds. The van der Waals surface area contributed by atoms with Crippen LogP contribution >= 0.6 is 55.1 Å². The molecule has 0 spiro atoms. The van der Waals surface area contributed by atoms with Crippen LogP contribution in [-0.4, -0.2) is 20.2 Å². The van der Waals surface area contributed by atoms with Gasteiger partial charge in [-0.2, -0.15) is 0 Å². The zero-order valence-electron chi connectivity index (χ0n) is 18.4. The first-order chi connectivity index (χ1) is 17.3. The van der Waals surface area contributed by atoms with Crippen molar-refractivity contribution in [3.63, 3.8) is 0 Å². The number of aromatic hydroxyl groups is 2. The first kappa shape index (κ1) is 24.8. The predicted octanol–water partition coefficient (Wildman–Crippen LogP) is 9.39. The summed E-state index contributed by atoms with van der Waals surface area (Å²) in [7, 11) is 0. The largest absolute Gasteiger partial charge is 0.507 e. The molecule has 1 heterocycles. The molecule has 0 radical (unpaired) electrons. The van der Waals surface area contributed by atoms with Crippen LogP contribution in [0.4, 0.5) is 0 Å². The zero-order chi connectivity index (χ0) is 25.4. The summed E-state index contributed by atoms with van der Waals surface area (Å²) < 4.78 is 1.58. The minimum absolute atomic E-state index is 0.117. The molecule has 36 heavy (non-hydrogen) atoms. The standard InChI is InChI=1S/C28H16Br2Cl2N2O2/c29-23-11-17(31)3-7-19(23)21-5-1-15(9-27(21)35)25-13-26(34-14-33-25)16-2-6-22(28(36)10-16)20-8-4-18(32)12-24(20)30/h1-14,35-36H. The minimum Gasteiger partial charge on any atom is -0.507 e. The summed E-state index contributed by atoms with van der Waals surface area (Å²) in [6.45, 7) is 0. The molecule has 1 aromatic heterocycles. The average molecular weight is 643 g/mol. The normalized spacial score (nSPS) is 11.0. The van der Waals surface area contributed by atoms with Gasteiger partial charge in [-0.25, -0.2) is 9.97 Å². The van der Waals surface area contributed by atoms with Crippen LogP contribution in [0, 0.1) is 0 Å². The van der Waals surface area contributed by atoms with Crippen molar-refractivity contribution in [2.45, 2.75) is 0 Å². The van der Waals surface area contributed by atoms with Crippen LogP contribution in [0.1, 0.15) is 0 Å². The first-order valence-electron chi connectivity index (χ1n) is 10.7. The summed E-state index contributed by atoms with van der Waals surface area (Å²) in [5.41, 5.74) is 5.74. The summed E-state index contributed by atoms with van der Waals surface area (Å²) in [6.07, 6.45) is 1.46. The van der Waals surface area contributed by atoms with E-state index in [0.29, 0.717) is 32.6 Å². The lowest BCUT2D eigenvalue weighted by Gasteiger charge is -2.11. The number of benzene rings is 4. The molecule has 0 unspecified atom stereocenters. The van der Waals surface area contributed by atoms with Crippen LogP contribution in [-0.2, 0) is 0 Å². The molecule has 0 aliphatic rings. The van der Waals surface area contributed by atoms with Gasteiger partial charge in [-0.3, -0.25) is 0 Å². The zero-order valence-corrected chi connectivity index (χ0v) is 23.1. The van der Waals surface area contributed by atoms with E-state index in [4.69, 9.17) is 23.2 Å². The van der Waals surface area contributed by atoms with Crippen LogP contribution in [0.25, 0.3) is 44.8 Å². The fourth-order valence-corrected chi connectivity index (χ4v) is 5.72. The summed E-state index contributed by atoms with van der Waals surface area (Å²) in [5.74, 6) is 0.234. The third-order valence-corrected chi connectivity index (χ3v) is 7.48. The van der Waals surface area contributed by atoms with Crippen molar-refractivity contribution in [1.82, 2.24) is 9.97 Å². The molecular formula is C28H16Br2Cl2N2O2. The topological polar surface area (TPSA) is 66.2 Å². The molecule has 4 nitrogen and oxygen atoms in total. The van der Waals surface area contributed by atoms with Gasteiger partial charge < -0.3 is 10.2 Å². The number of phenolic OH excluding ortho intramolecular Hbond substituents is 2. The Labute approximate surface area is 234 Å². The van der Waals surface area contributed by atoms with Crippen LogP contribution < -0.4 is 0 Å². The van der Waals surface area contributed by atoms with E-state index in [1.165, 1.54) is 6.33 Å². The summed E-state index contributed by atoms with van der Waals surface area (Å²) in [6, 6.07) is 23.4. The summed E-state index contributed by atoms with van der Waals surface area (Å²) in [5, 5.41) is 22.7. The van der Waals surface area contributed by atoms with Crippen molar-refractivity contribution in [3.05, 3.63) is 104 Å². The van der Waals surface area contributed by atoms with Gasteiger partial charge in [0.2, 0.25) is 0 Å². The Kier molecular flexibility index (Phi) is 7.04. The van der Waals surface area contributed by atoms with E-state index in [1.54, 1.807) is 36.4 Å². The van der Waals surface area contributed by atoms with E-state index in [2.05, 4.69) is 41.8 Å². The van der Waals surface area contributed by atoms with Gasteiger partial charge >= 0.3 is 0 Å². The Balaban J connectivity index is 1.48. The highest BCUT2D eigenvalue weighted by Crippen LogP contribution is 2.40. The van der Waals surface area contributed by atoms with Gasteiger partial charge in [-0.05, 0) is 65.7 Å². The lowest BCUT2D eigenvalue weighted by molar-refractivity contribution is 0.477. The van der Waals surface area contributed by atoms with Crippen molar-refractivity contribution in [2.24, 2.45) is 0 Å². The van der Waals surface area contributed by atoms with Gasteiger partial charge in [0.25, 0.3) is 0 Å². The number of rotatable bonds is 4. The average Bonchev–Trinajstić information content (AvgIpc) is 2.85. The van der Waals surface area contributed by atoms with E-state index in [1.807, 2.05) is 42.5 Å². The third-order valence-electron chi connectivity index (χ3n) is 5.70. The number of hydrogen-bond donors (Lipinski definition) is 2. The maximum Gasteiger partial charge on any atom is 0.124 e. The quantitative estimate of drug-likeness (QED) is 0.205. The Morgan fingerprint density at radius 3 is 1.33 bits per heavy atom. The van der Waals surface area contributed by atoms with Gasteiger partial charge in [-0.15, -0.1) is 0 Å². The van der Waals surface area contributed by atoms with Gasteiger partial charge in [0.1, 0.15) is 17.8 Å². The van der Waals surface area contributed by atoms with Gasteiger partial charge in [0.05, 0.1) is 11.4 Å². The van der Waals surface area contributed by atoms with Crippen molar-refractivity contribution in [2.75, 3.05) is 0 Å². The van der Waals surface area contributed by atoms with E-state index in [-0.39, 0.29) is 11.5 Å². The predicted molar refractivity (Wildman–Crippen MR) is 153 cm³/mol. The minimum atomic E-state index is 0.117. The molecule has 0 fully saturated rings. The molecule has 0 atom stereocenters. The van der Waals surface area contributed by atoms with Gasteiger partial charge in [-0.1, -0.05) is 79.3 Å². The lowest BCUT2D eigenvalue weighted by Crippen LogP contribution is -1.91. The highest BCUT2D eigenvalue weighted by atomic mass is 79.9. The molecule has 5 rings (SSSR count). The Morgan fingerprint density at radius 1 is 0.528 bits per heavy atom. The van der Waals surface area contributed by atoms with E-state index in [9.17, 15) is 10.2 Å². The monoisotopic (exact) mass is 640 g/mol. The van der Waals surface area contributed by atoms with E-state index >= 15 is 0 Å². The molecule has 4 aromatic carbocycles. The number of halogens is 4. The van der Waals surface area contributed by atoms with E-state index in [0.717, 1.165) is 31.2 Å². The molecule has 0 bridgehead atoms. The molecule has 0 aliphatic carbocycles. The molecule has 0 aliphatic heterocycles. The second-order valence-corrected chi connectivity index (χ2v) is 10.6. The van der Waals surface area contributed by atoms with Crippen molar-refractivity contribution in [1.29, 1.82) is 0 Å².